The predicted molar refractivity (Wildman–Crippen MR) is 118 cm³/mol. The molecule has 0 aliphatic heterocycles. The van der Waals surface area contributed by atoms with E-state index in [1.807, 2.05) is 12.1 Å². The molecule has 0 N–H and O–H groups in total. The van der Waals surface area contributed by atoms with E-state index in [0.29, 0.717) is 17.9 Å². The molecule has 0 heterocycles. The molecule has 0 unspecified atom stereocenters. The van der Waals surface area contributed by atoms with Crippen molar-refractivity contribution in [3.05, 3.63) is 83.4 Å². The van der Waals surface area contributed by atoms with Crippen LogP contribution in [0.3, 0.4) is 0 Å². The van der Waals surface area contributed by atoms with Crippen molar-refractivity contribution in [2.45, 2.75) is 39.5 Å². The second-order valence-corrected chi connectivity index (χ2v) is 7.26. The average molecular weight is 424 g/mol. The summed E-state index contributed by atoms with van der Waals surface area (Å²) in [6, 6.07) is 15.4. The molecule has 0 atom stereocenters. The Bertz CT molecular complexity index is 1030. The van der Waals surface area contributed by atoms with Crippen LogP contribution in [-0.2, 0) is 6.42 Å². The lowest BCUT2D eigenvalue weighted by molar-refractivity contribution is 0.0734. The first kappa shape index (κ1) is 22.5. The van der Waals surface area contributed by atoms with E-state index in [9.17, 15) is 13.6 Å². The number of aryl methyl sites for hydroxylation is 1. The van der Waals surface area contributed by atoms with Crippen LogP contribution in [0.2, 0.25) is 0 Å². The van der Waals surface area contributed by atoms with Crippen LogP contribution in [0.1, 0.15) is 49.0 Å². The van der Waals surface area contributed by atoms with E-state index >= 15 is 0 Å². The fraction of sp³-hybridized carbons (Fsp3) is 0.269. The molecule has 162 valence electrons. The fourth-order valence-electron chi connectivity index (χ4n) is 3.30. The molecular weight excluding hydrogens is 398 g/mol. The summed E-state index contributed by atoms with van der Waals surface area (Å²) in [4.78, 5) is 12.4. The SMILES string of the molecule is CCCCCc1ccc(C(=O)Oc2ccc(-c3ccc(OCC)cc3F)c(F)c2)cc1. The zero-order chi connectivity index (χ0) is 22.2. The van der Waals surface area contributed by atoms with Gasteiger partial charge < -0.3 is 9.47 Å². The van der Waals surface area contributed by atoms with Gasteiger partial charge in [0.05, 0.1) is 12.2 Å². The van der Waals surface area contributed by atoms with Gasteiger partial charge in [-0.3, -0.25) is 0 Å². The number of unbranched alkanes of at least 4 members (excludes halogenated alkanes) is 2. The zero-order valence-electron chi connectivity index (χ0n) is 17.8. The van der Waals surface area contributed by atoms with Gasteiger partial charge in [0.15, 0.2) is 0 Å². The summed E-state index contributed by atoms with van der Waals surface area (Å²) < 4.78 is 39.6. The number of esters is 1. The third-order valence-corrected chi connectivity index (χ3v) is 4.95. The highest BCUT2D eigenvalue weighted by molar-refractivity contribution is 5.91. The number of hydrogen-bond acceptors (Lipinski definition) is 3. The van der Waals surface area contributed by atoms with Gasteiger partial charge in [0.1, 0.15) is 23.1 Å². The van der Waals surface area contributed by atoms with Gasteiger partial charge >= 0.3 is 5.97 Å². The lowest BCUT2D eigenvalue weighted by atomic mass is 10.0. The number of halogens is 2. The largest absolute Gasteiger partial charge is 0.494 e. The van der Waals surface area contributed by atoms with Crippen LogP contribution < -0.4 is 9.47 Å². The van der Waals surface area contributed by atoms with E-state index in [1.54, 1.807) is 25.1 Å². The first-order valence-corrected chi connectivity index (χ1v) is 10.5. The van der Waals surface area contributed by atoms with Crippen molar-refractivity contribution in [2.75, 3.05) is 6.61 Å². The first-order chi connectivity index (χ1) is 15.0. The molecule has 0 radical (unpaired) electrons. The summed E-state index contributed by atoms with van der Waals surface area (Å²) in [7, 11) is 0. The number of ether oxygens (including phenoxy) is 2. The summed E-state index contributed by atoms with van der Waals surface area (Å²) in [5.41, 5.74) is 1.74. The average Bonchev–Trinajstić information content (AvgIpc) is 2.75. The maximum absolute atomic E-state index is 14.6. The molecule has 0 fully saturated rings. The summed E-state index contributed by atoms with van der Waals surface area (Å²) in [6.07, 6.45) is 4.41. The molecule has 0 amide bonds. The Labute approximate surface area is 181 Å². The van der Waals surface area contributed by atoms with Crippen LogP contribution in [0.15, 0.2) is 60.7 Å². The number of rotatable bonds is 9. The van der Waals surface area contributed by atoms with Gasteiger partial charge in [-0.15, -0.1) is 0 Å². The molecule has 3 aromatic rings. The Balaban J connectivity index is 1.69. The Morgan fingerprint density at radius 2 is 1.42 bits per heavy atom. The van der Waals surface area contributed by atoms with E-state index in [-0.39, 0.29) is 16.9 Å². The van der Waals surface area contributed by atoms with E-state index < -0.39 is 17.6 Å². The molecule has 0 aromatic heterocycles. The molecule has 5 heteroatoms. The smallest absolute Gasteiger partial charge is 0.343 e. The summed E-state index contributed by atoms with van der Waals surface area (Å²) in [6.45, 7) is 4.37. The highest BCUT2D eigenvalue weighted by atomic mass is 19.1. The van der Waals surface area contributed by atoms with Crippen molar-refractivity contribution in [1.82, 2.24) is 0 Å². The predicted octanol–water partition coefficient (Wildman–Crippen LogP) is 6.98. The first-order valence-electron chi connectivity index (χ1n) is 10.5. The molecule has 3 nitrogen and oxygen atoms in total. The van der Waals surface area contributed by atoms with Crippen LogP contribution in [0, 0.1) is 11.6 Å². The molecule has 31 heavy (non-hydrogen) atoms. The number of benzene rings is 3. The van der Waals surface area contributed by atoms with Crippen LogP contribution in [0.5, 0.6) is 11.5 Å². The number of carbonyl (C=O) groups excluding carboxylic acids is 1. The normalized spacial score (nSPS) is 10.7. The van der Waals surface area contributed by atoms with Crippen molar-refractivity contribution >= 4 is 5.97 Å². The van der Waals surface area contributed by atoms with Crippen molar-refractivity contribution in [2.24, 2.45) is 0 Å². The van der Waals surface area contributed by atoms with Crippen molar-refractivity contribution in [3.8, 4) is 22.6 Å². The maximum atomic E-state index is 14.6. The third-order valence-electron chi connectivity index (χ3n) is 4.95. The van der Waals surface area contributed by atoms with E-state index in [4.69, 9.17) is 9.47 Å². The quantitative estimate of drug-likeness (QED) is 0.211. The number of hydrogen-bond donors (Lipinski definition) is 0. The van der Waals surface area contributed by atoms with Crippen molar-refractivity contribution in [1.29, 1.82) is 0 Å². The molecule has 0 spiro atoms. The highest BCUT2D eigenvalue weighted by Gasteiger charge is 2.14. The number of carbonyl (C=O) groups is 1. The Morgan fingerprint density at radius 1 is 0.806 bits per heavy atom. The van der Waals surface area contributed by atoms with Crippen LogP contribution >= 0.6 is 0 Å². The lowest BCUT2D eigenvalue weighted by Crippen LogP contribution is -2.08. The second kappa shape index (κ2) is 10.7. The zero-order valence-corrected chi connectivity index (χ0v) is 17.8. The van der Waals surface area contributed by atoms with E-state index in [1.165, 1.54) is 30.7 Å². The fourth-order valence-corrected chi connectivity index (χ4v) is 3.30. The Hall–Kier alpha value is -3.21. The second-order valence-electron chi connectivity index (χ2n) is 7.26. The van der Waals surface area contributed by atoms with Gasteiger partial charge in [0.2, 0.25) is 0 Å². The standard InChI is InChI=1S/C26H26F2O3/c1-3-5-6-7-18-8-10-19(11-9-18)26(29)31-21-13-15-23(25(28)17-21)22-14-12-20(30-4-2)16-24(22)27/h8-17H,3-7H2,1-2H3. The van der Waals surface area contributed by atoms with Gasteiger partial charge in [-0.05, 0) is 61.7 Å². The Morgan fingerprint density at radius 3 is 2.00 bits per heavy atom. The molecule has 0 aliphatic rings. The molecule has 3 aromatic carbocycles. The van der Waals surface area contributed by atoms with Crippen LogP contribution in [0.4, 0.5) is 8.78 Å². The van der Waals surface area contributed by atoms with Crippen molar-refractivity contribution < 1.29 is 23.0 Å². The van der Waals surface area contributed by atoms with Gasteiger partial charge in [-0.2, -0.15) is 0 Å². The molecule has 0 aliphatic carbocycles. The van der Waals surface area contributed by atoms with E-state index in [2.05, 4.69) is 6.92 Å². The minimum Gasteiger partial charge on any atom is -0.494 e. The summed E-state index contributed by atoms with van der Waals surface area (Å²) in [5.74, 6) is -1.40. The van der Waals surface area contributed by atoms with Crippen molar-refractivity contribution in [3.63, 3.8) is 0 Å². The van der Waals surface area contributed by atoms with Crippen LogP contribution in [-0.4, -0.2) is 12.6 Å². The minimum atomic E-state index is -0.681. The monoisotopic (exact) mass is 424 g/mol. The highest BCUT2D eigenvalue weighted by Crippen LogP contribution is 2.30. The van der Waals surface area contributed by atoms with Gasteiger partial charge in [0, 0.05) is 23.3 Å². The molecule has 0 bridgehead atoms. The summed E-state index contributed by atoms with van der Waals surface area (Å²) in [5, 5.41) is 0. The topological polar surface area (TPSA) is 35.5 Å². The molecule has 3 rings (SSSR count). The van der Waals surface area contributed by atoms with E-state index in [0.717, 1.165) is 30.9 Å². The Kier molecular flexibility index (Phi) is 7.76. The maximum Gasteiger partial charge on any atom is 0.343 e. The summed E-state index contributed by atoms with van der Waals surface area (Å²) >= 11 is 0. The molecular formula is C26H26F2O3. The van der Waals surface area contributed by atoms with Gasteiger partial charge in [0.25, 0.3) is 0 Å². The van der Waals surface area contributed by atoms with Crippen LogP contribution in [0.25, 0.3) is 11.1 Å². The lowest BCUT2D eigenvalue weighted by Gasteiger charge is -2.10. The minimum absolute atomic E-state index is 0.0598. The molecule has 0 saturated heterocycles. The third kappa shape index (κ3) is 5.91. The van der Waals surface area contributed by atoms with Gasteiger partial charge in [-0.1, -0.05) is 31.9 Å². The molecule has 0 saturated carbocycles. The van der Waals surface area contributed by atoms with Gasteiger partial charge in [-0.25, -0.2) is 13.6 Å².